The van der Waals surface area contributed by atoms with E-state index in [0.717, 1.165) is 12.0 Å². The van der Waals surface area contributed by atoms with Crippen molar-refractivity contribution in [2.24, 2.45) is 0 Å². The summed E-state index contributed by atoms with van der Waals surface area (Å²) in [5, 5.41) is 3.49. The van der Waals surface area contributed by atoms with Crippen LogP contribution in [0.1, 0.15) is 11.1 Å². The van der Waals surface area contributed by atoms with E-state index in [0.29, 0.717) is 13.1 Å². The molecule has 1 aromatic carbocycles. The predicted octanol–water partition coefficient (Wildman–Crippen LogP) is 1.43. The molecule has 5 nitrogen and oxygen atoms in total. The first-order valence-electron chi connectivity index (χ1n) is 6.77. The number of benzene rings is 1. The van der Waals surface area contributed by atoms with Gasteiger partial charge in [-0.05, 0) is 17.5 Å². The minimum absolute atomic E-state index is 0.0340. The smallest absolute Gasteiger partial charge is 0.329 e. The molecule has 22 heavy (non-hydrogen) atoms. The molecule has 8 heteroatoms. The topological polar surface area (TPSA) is 61.4 Å². The van der Waals surface area contributed by atoms with E-state index in [2.05, 4.69) is 0 Å². The largest absolute Gasteiger partial charge is 0.405 e. The average molecular weight is 315 g/mol. The molecule has 0 saturated heterocycles. The van der Waals surface area contributed by atoms with Crippen LogP contribution in [-0.4, -0.2) is 42.6 Å². The van der Waals surface area contributed by atoms with Crippen molar-refractivity contribution in [2.75, 3.05) is 19.6 Å². The lowest BCUT2D eigenvalue weighted by Crippen LogP contribution is -2.47. The highest BCUT2D eigenvalue weighted by Crippen LogP contribution is 2.17. The molecule has 0 bridgehead atoms. The van der Waals surface area contributed by atoms with E-state index in [1.54, 1.807) is 5.32 Å². The van der Waals surface area contributed by atoms with Gasteiger partial charge in [0.2, 0.25) is 5.91 Å². The van der Waals surface area contributed by atoms with Crippen molar-refractivity contribution in [2.45, 2.75) is 19.1 Å². The molecule has 1 aromatic rings. The van der Waals surface area contributed by atoms with Gasteiger partial charge in [-0.2, -0.15) is 13.2 Å². The summed E-state index contributed by atoms with van der Waals surface area (Å²) in [7, 11) is 0. The summed E-state index contributed by atoms with van der Waals surface area (Å²) >= 11 is 0. The summed E-state index contributed by atoms with van der Waals surface area (Å²) in [6, 6.07) is 6.71. The van der Waals surface area contributed by atoms with Crippen LogP contribution < -0.4 is 10.6 Å². The van der Waals surface area contributed by atoms with Gasteiger partial charge < -0.3 is 5.32 Å². The molecular weight excluding hydrogens is 299 g/mol. The van der Waals surface area contributed by atoms with Crippen molar-refractivity contribution >= 4 is 11.9 Å². The van der Waals surface area contributed by atoms with E-state index in [1.165, 1.54) is 5.56 Å². The fraction of sp³-hybridized carbons (Fsp3) is 0.429. The second kappa shape index (κ2) is 6.78. The van der Waals surface area contributed by atoms with Crippen LogP contribution in [-0.2, 0) is 17.8 Å². The summed E-state index contributed by atoms with van der Waals surface area (Å²) in [6.45, 7) is -0.265. The Morgan fingerprint density at radius 1 is 1.18 bits per heavy atom. The fourth-order valence-corrected chi connectivity index (χ4v) is 2.28. The Bertz CT molecular complexity index is 561. The summed E-state index contributed by atoms with van der Waals surface area (Å²) < 4.78 is 35.8. The number of imide groups is 1. The Kier molecular flexibility index (Phi) is 5.02. The first kappa shape index (κ1) is 16.3. The van der Waals surface area contributed by atoms with Gasteiger partial charge in [0, 0.05) is 13.1 Å². The van der Waals surface area contributed by atoms with Crippen LogP contribution in [0.4, 0.5) is 18.0 Å². The molecule has 0 atom stereocenters. The molecule has 0 spiro atoms. The lowest BCUT2D eigenvalue weighted by Gasteiger charge is -2.27. The monoisotopic (exact) mass is 315 g/mol. The van der Waals surface area contributed by atoms with Crippen molar-refractivity contribution in [1.29, 1.82) is 0 Å². The number of urea groups is 1. The van der Waals surface area contributed by atoms with Crippen molar-refractivity contribution in [1.82, 2.24) is 15.5 Å². The third-order valence-corrected chi connectivity index (χ3v) is 3.28. The van der Waals surface area contributed by atoms with Crippen LogP contribution in [0.2, 0.25) is 0 Å². The highest BCUT2D eigenvalue weighted by atomic mass is 19.4. The Labute approximate surface area is 125 Å². The molecule has 3 amide bonds. The van der Waals surface area contributed by atoms with Crippen molar-refractivity contribution in [3.8, 4) is 0 Å². The van der Waals surface area contributed by atoms with Crippen molar-refractivity contribution in [3.63, 3.8) is 0 Å². The average Bonchev–Trinajstić information content (AvgIpc) is 2.44. The Morgan fingerprint density at radius 2 is 1.86 bits per heavy atom. The van der Waals surface area contributed by atoms with Crippen LogP contribution in [0.25, 0.3) is 0 Å². The zero-order valence-electron chi connectivity index (χ0n) is 11.7. The van der Waals surface area contributed by atoms with Gasteiger partial charge in [-0.3, -0.25) is 15.0 Å². The molecule has 2 N–H and O–H groups in total. The number of carbonyl (C=O) groups is 2. The van der Waals surface area contributed by atoms with Gasteiger partial charge in [0.1, 0.15) is 6.54 Å². The normalized spacial score (nSPS) is 15.0. The highest BCUT2D eigenvalue weighted by Gasteiger charge is 2.28. The van der Waals surface area contributed by atoms with Crippen molar-refractivity contribution < 1.29 is 22.8 Å². The van der Waals surface area contributed by atoms with E-state index in [4.69, 9.17) is 0 Å². The molecule has 0 fully saturated rings. The number of fused-ring (bicyclic) bond motifs is 1. The SMILES string of the molecule is O=C(CN1CCc2ccccc2C1)NC(=O)NCC(F)(F)F. The first-order chi connectivity index (χ1) is 10.3. The summed E-state index contributed by atoms with van der Waals surface area (Å²) in [5.41, 5.74) is 2.34. The minimum Gasteiger partial charge on any atom is -0.329 e. The zero-order valence-corrected chi connectivity index (χ0v) is 11.7. The van der Waals surface area contributed by atoms with E-state index < -0.39 is 24.7 Å². The van der Waals surface area contributed by atoms with E-state index in [-0.39, 0.29) is 6.54 Å². The fourth-order valence-electron chi connectivity index (χ4n) is 2.28. The number of carbonyl (C=O) groups excluding carboxylic acids is 2. The van der Waals surface area contributed by atoms with Gasteiger partial charge in [0.15, 0.2) is 0 Å². The molecule has 1 heterocycles. The molecule has 0 aliphatic carbocycles. The maximum atomic E-state index is 11.9. The number of rotatable bonds is 3. The molecule has 0 radical (unpaired) electrons. The van der Waals surface area contributed by atoms with Gasteiger partial charge >= 0.3 is 12.2 Å². The maximum absolute atomic E-state index is 11.9. The molecule has 2 rings (SSSR count). The van der Waals surface area contributed by atoms with Crippen LogP contribution in [0.3, 0.4) is 0 Å². The summed E-state index contributed by atoms with van der Waals surface area (Å²) in [4.78, 5) is 24.7. The molecule has 0 aromatic heterocycles. The molecule has 1 aliphatic heterocycles. The minimum atomic E-state index is -4.50. The molecule has 0 saturated carbocycles. The van der Waals surface area contributed by atoms with Crippen LogP contribution in [0.15, 0.2) is 24.3 Å². The van der Waals surface area contributed by atoms with Crippen LogP contribution >= 0.6 is 0 Å². The van der Waals surface area contributed by atoms with Gasteiger partial charge in [-0.1, -0.05) is 24.3 Å². The standard InChI is InChI=1S/C14H16F3N3O2/c15-14(16,17)9-18-13(22)19-12(21)8-20-6-5-10-3-1-2-4-11(10)7-20/h1-4H,5-9H2,(H2,18,19,21,22). The van der Waals surface area contributed by atoms with Crippen LogP contribution in [0.5, 0.6) is 0 Å². The Morgan fingerprint density at radius 3 is 2.55 bits per heavy atom. The van der Waals surface area contributed by atoms with E-state index in [1.807, 2.05) is 34.5 Å². The molecule has 0 unspecified atom stereocenters. The Hall–Kier alpha value is -2.09. The summed E-state index contributed by atoms with van der Waals surface area (Å²) in [6.07, 6.45) is -3.71. The number of amides is 3. The Balaban J connectivity index is 1.77. The first-order valence-corrected chi connectivity index (χ1v) is 6.77. The summed E-state index contributed by atoms with van der Waals surface area (Å²) in [5.74, 6) is -0.626. The van der Waals surface area contributed by atoms with E-state index in [9.17, 15) is 22.8 Å². The number of halogens is 3. The number of nitrogens with one attached hydrogen (secondary N) is 2. The van der Waals surface area contributed by atoms with Gasteiger partial charge in [-0.25, -0.2) is 4.79 Å². The molecule has 120 valence electrons. The lowest BCUT2D eigenvalue weighted by atomic mass is 10.00. The van der Waals surface area contributed by atoms with Gasteiger partial charge in [0.05, 0.1) is 6.54 Å². The van der Waals surface area contributed by atoms with E-state index >= 15 is 0 Å². The molecular formula is C14H16F3N3O2. The van der Waals surface area contributed by atoms with Crippen molar-refractivity contribution in [3.05, 3.63) is 35.4 Å². The number of hydrogen-bond donors (Lipinski definition) is 2. The van der Waals surface area contributed by atoms with Gasteiger partial charge in [0.25, 0.3) is 0 Å². The predicted molar refractivity (Wildman–Crippen MR) is 73.0 cm³/mol. The highest BCUT2D eigenvalue weighted by molar-refractivity contribution is 5.95. The number of nitrogens with zero attached hydrogens (tertiary/aromatic N) is 1. The lowest BCUT2D eigenvalue weighted by molar-refractivity contribution is -0.125. The van der Waals surface area contributed by atoms with Crippen LogP contribution in [0, 0.1) is 0 Å². The number of hydrogen-bond acceptors (Lipinski definition) is 3. The maximum Gasteiger partial charge on any atom is 0.405 e. The zero-order chi connectivity index (χ0) is 16.2. The second-order valence-corrected chi connectivity index (χ2v) is 5.08. The quantitative estimate of drug-likeness (QED) is 0.887. The molecule has 1 aliphatic rings. The third-order valence-electron chi connectivity index (χ3n) is 3.28. The number of alkyl halides is 3. The van der Waals surface area contributed by atoms with Gasteiger partial charge in [-0.15, -0.1) is 0 Å². The second-order valence-electron chi connectivity index (χ2n) is 5.08. The third kappa shape index (κ3) is 5.03.